The molecule has 2 nitrogen and oxygen atoms in total. The van der Waals surface area contributed by atoms with Crippen LogP contribution in [0.15, 0.2) is 47.3 Å². The molecule has 2 heterocycles. The molecular weight excluding hydrogens is 216 g/mol. The van der Waals surface area contributed by atoms with Crippen molar-refractivity contribution < 1.29 is 0 Å². The van der Waals surface area contributed by atoms with Crippen molar-refractivity contribution in [1.29, 1.82) is 0 Å². The highest BCUT2D eigenvalue weighted by molar-refractivity contribution is 7.99. The molecule has 0 bridgehead atoms. The van der Waals surface area contributed by atoms with E-state index in [1.54, 1.807) is 6.33 Å². The Morgan fingerprint density at radius 3 is 3.12 bits per heavy atom. The van der Waals surface area contributed by atoms with Crippen molar-refractivity contribution in [2.75, 3.05) is 5.75 Å². The number of rotatable bonds is 2. The first kappa shape index (κ1) is 9.73. The zero-order valence-corrected chi connectivity index (χ0v) is 9.63. The molecule has 0 amide bonds. The first-order chi connectivity index (χ1) is 7.92. The number of aromatic nitrogens is 2. The minimum Gasteiger partial charge on any atom is -0.351 e. The first-order valence-electron chi connectivity index (χ1n) is 5.31. The summed E-state index contributed by atoms with van der Waals surface area (Å²) in [6, 6.07) is 8.54. The van der Waals surface area contributed by atoms with Gasteiger partial charge >= 0.3 is 0 Å². The van der Waals surface area contributed by atoms with Gasteiger partial charge in [0.2, 0.25) is 0 Å². The summed E-state index contributed by atoms with van der Waals surface area (Å²) in [6.07, 6.45) is 6.94. The fraction of sp³-hybridized carbons (Fsp3) is 0.154. The van der Waals surface area contributed by atoms with E-state index in [1.165, 1.54) is 16.0 Å². The highest BCUT2D eigenvalue weighted by Crippen LogP contribution is 2.32. The number of H-pyrrole nitrogens is 1. The lowest BCUT2D eigenvalue weighted by Crippen LogP contribution is -1.99. The van der Waals surface area contributed by atoms with Crippen LogP contribution in [0.3, 0.4) is 0 Å². The molecule has 0 saturated heterocycles. The number of hydrogen-bond acceptors (Lipinski definition) is 2. The zero-order chi connectivity index (χ0) is 10.8. The Kier molecular flexibility index (Phi) is 2.54. The van der Waals surface area contributed by atoms with E-state index in [0.717, 1.165) is 17.9 Å². The Hall–Kier alpha value is -1.48. The van der Waals surface area contributed by atoms with Gasteiger partial charge in [0.15, 0.2) is 0 Å². The minimum absolute atomic E-state index is 0.949. The quantitative estimate of drug-likeness (QED) is 0.855. The van der Waals surface area contributed by atoms with Crippen LogP contribution < -0.4 is 0 Å². The second-order valence-corrected chi connectivity index (χ2v) is 4.88. The molecule has 0 atom stereocenters. The topological polar surface area (TPSA) is 28.7 Å². The van der Waals surface area contributed by atoms with E-state index in [2.05, 4.69) is 40.3 Å². The maximum absolute atomic E-state index is 4.26. The number of fused-ring (bicyclic) bond motifs is 1. The minimum atomic E-state index is 0.949. The van der Waals surface area contributed by atoms with Gasteiger partial charge in [-0.05, 0) is 11.6 Å². The summed E-state index contributed by atoms with van der Waals surface area (Å²) in [4.78, 5) is 8.64. The average molecular weight is 228 g/mol. The van der Waals surface area contributed by atoms with Crippen LogP contribution in [0.5, 0.6) is 0 Å². The molecule has 0 spiro atoms. The van der Waals surface area contributed by atoms with Crippen LogP contribution in [-0.2, 0) is 6.42 Å². The number of hydrogen-bond donors (Lipinski definition) is 1. The van der Waals surface area contributed by atoms with E-state index in [9.17, 15) is 0 Å². The summed E-state index contributed by atoms with van der Waals surface area (Å²) in [5.41, 5.74) is 3.89. The van der Waals surface area contributed by atoms with Gasteiger partial charge in [0.05, 0.1) is 12.0 Å². The summed E-state index contributed by atoms with van der Waals surface area (Å²) < 4.78 is 0. The van der Waals surface area contributed by atoms with Gasteiger partial charge in [-0.3, -0.25) is 0 Å². The third kappa shape index (κ3) is 1.91. The third-order valence-corrected chi connectivity index (χ3v) is 3.85. The molecule has 1 aromatic heterocycles. The Labute approximate surface area is 98.8 Å². The Morgan fingerprint density at radius 2 is 2.25 bits per heavy atom. The molecule has 0 aliphatic carbocycles. The summed E-state index contributed by atoms with van der Waals surface area (Å²) >= 11 is 1.91. The van der Waals surface area contributed by atoms with Gasteiger partial charge in [-0.15, -0.1) is 11.8 Å². The largest absolute Gasteiger partial charge is 0.351 e. The molecule has 3 rings (SSSR count). The molecule has 80 valence electrons. The van der Waals surface area contributed by atoms with Crippen LogP contribution in [0.2, 0.25) is 0 Å². The third-order valence-electron chi connectivity index (χ3n) is 2.65. The lowest BCUT2D eigenvalue weighted by atomic mass is 10.1. The standard InChI is InChI=1S/C13H12N2S/c1-2-4-13-11(3-1)5-10(8-16-13)6-12-7-14-9-15-12/h1-5,7,9H,6,8H2,(H,14,15). The molecule has 0 radical (unpaired) electrons. The summed E-state index contributed by atoms with van der Waals surface area (Å²) in [7, 11) is 0. The van der Waals surface area contributed by atoms with Crippen molar-refractivity contribution in [3.05, 3.63) is 53.6 Å². The van der Waals surface area contributed by atoms with Gasteiger partial charge in [0.25, 0.3) is 0 Å². The monoisotopic (exact) mass is 228 g/mol. The van der Waals surface area contributed by atoms with E-state index >= 15 is 0 Å². The average Bonchev–Trinajstić information content (AvgIpc) is 2.82. The maximum atomic E-state index is 4.26. The van der Waals surface area contributed by atoms with Gasteiger partial charge in [0.1, 0.15) is 0 Å². The molecule has 1 aliphatic rings. The summed E-state index contributed by atoms with van der Waals surface area (Å²) in [5.74, 6) is 1.07. The second kappa shape index (κ2) is 4.18. The number of imidazole rings is 1. The van der Waals surface area contributed by atoms with Crippen molar-refractivity contribution in [2.24, 2.45) is 0 Å². The molecule has 1 aliphatic heterocycles. The number of aromatic amines is 1. The molecule has 0 fully saturated rings. The molecule has 3 heteroatoms. The molecule has 2 aromatic rings. The van der Waals surface area contributed by atoms with Crippen molar-refractivity contribution in [1.82, 2.24) is 9.97 Å². The highest BCUT2D eigenvalue weighted by Gasteiger charge is 2.10. The van der Waals surface area contributed by atoms with E-state index in [4.69, 9.17) is 0 Å². The van der Waals surface area contributed by atoms with E-state index < -0.39 is 0 Å². The van der Waals surface area contributed by atoms with Crippen molar-refractivity contribution in [3.63, 3.8) is 0 Å². The number of nitrogens with zero attached hydrogens (tertiary/aromatic N) is 1. The van der Waals surface area contributed by atoms with Crippen LogP contribution in [0.4, 0.5) is 0 Å². The molecular formula is C13H12N2S. The first-order valence-corrected chi connectivity index (χ1v) is 6.29. The highest BCUT2D eigenvalue weighted by atomic mass is 32.2. The number of benzene rings is 1. The van der Waals surface area contributed by atoms with Crippen LogP contribution in [-0.4, -0.2) is 15.7 Å². The van der Waals surface area contributed by atoms with Crippen molar-refractivity contribution in [3.8, 4) is 0 Å². The van der Waals surface area contributed by atoms with E-state index in [0.29, 0.717) is 0 Å². The molecule has 0 unspecified atom stereocenters. The SMILES string of the molecule is C1=C(Cc2c[nH]cn2)CSc2ccccc21. The molecule has 0 saturated carbocycles. The predicted octanol–water partition coefficient (Wildman–Crippen LogP) is 3.14. The summed E-state index contributed by atoms with van der Waals surface area (Å²) in [5, 5.41) is 0. The van der Waals surface area contributed by atoms with Crippen LogP contribution in [0.25, 0.3) is 6.08 Å². The van der Waals surface area contributed by atoms with Crippen LogP contribution in [0.1, 0.15) is 11.3 Å². The van der Waals surface area contributed by atoms with Gasteiger partial charge < -0.3 is 4.98 Å². The van der Waals surface area contributed by atoms with E-state index in [1.807, 2.05) is 18.0 Å². The number of thioether (sulfide) groups is 1. The summed E-state index contributed by atoms with van der Waals surface area (Å²) in [6.45, 7) is 0. The second-order valence-electron chi connectivity index (χ2n) is 3.87. The molecule has 1 N–H and O–H groups in total. The lowest BCUT2D eigenvalue weighted by molar-refractivity contribution is 1.08. The number of nitrogens with one attached hydrogen (secondary N) is 1. The van der Waals surface area contributed by atoms with Crippen LogP contribution in [0, 0.1) is 0 Å². The fourth-order valence-corrected chi connectivity index (χ4v) is 2.88. The van der Waals surface area contributed by atoms with Crippen LogP contribution >= 0.6 is 11.8 Å². The van der Waals surface area contributed by atoms with Gasteiger partial charge in [-0.25, -0.2) is 4.98 Å². The van der Waals surface area contributed by atoms with E-state index in [-0.39, 0.29) is 0 Å². The van der Waals surface area contributed by atoms with Crippen molar-refractivity contribution in [2.45, 2.75) is 11.3 Å². The molecule has 16 heavy (non-hydrogen) atoms. The Morgan fingerprint density at radius 1 is 1.31 bits per heavy atom. The normalized spacial score (nSPS) is 14.4. The fourth-order valence-electron chi connectivity index (χ4n) is 1.89. The van der Waals surface area contributed by atoms with Gasteiger partial charge in [-0.1, -0.05) is 29.8 Å². The van der Waals surface area contributed by atoms with Gasteiger partial charge in [-0.2, -0.15) is 0 Å². The van der Waals surface area contributed by atoms with Crippen molar-refractivity contribution >= 4 is 17.8 Å². The smallest absolute Gasteiger partial charge is 0.0923 e. The Balaban J connectivity index is 1.86. The maximum Gasteiger partial charge on any atom is 0.0923 e. The van der Waals surface area contributed by atoms with Gasteiger partial charge in [0, 0.05) is 23.3 Å². The molecule has 1 aromatic carbocycles. The lowest BCUT2D eigenvalue weighted by Gasteiger charge is -2.14. The zero-order valence-electron chi connectivity index (χ0n) is 8.81. The predicted molar refractivity (Wildman–Crippen MR) is 67.4 cm³/mol. The Bertz CT molecular complexity index is 514.